The van der Waals surface area contributed by atoms with E-state index in [-0.39, 0.29) is 110 Å². The number of benzene rings is 4. The van der Waals surface area contributed by atoms with E-state index < -0.39 is 79.6 Å². The molecule has 1 aliphatic rings. The van der Waals surface area contributed by atoms with E-state index in [1.165, 1.54) is 37.3 Å². The zero-order valence-electron chi connectivity index (χ0n) is 27.8. The summed E-state index contributed by atoms with van der Waals surface area (Å²) in [6.45, 7) is 4.67. The van der Waals surface area contributed by atoms with Gasteiger partial charge in [0.15, 0.2) is 11.8 Å². The first-order chi connectivity index (χ1) is 23.3. The van der Waals surface area contributed by atoms with Crippen LogP contribution in [0.3, 0.4) is 0 Å². The van der Waals surface area contributed by atoms with Crippen molar-refractivity contribution in [1.29, 1.82) is 0 Å². The molecule has 2 N–H and O–H groups in total. The van der Waals surface area contributed by atoms with Gasteiger partial charge in [-0.15, -0.1) is 10.2 Å². The molecule has 271 valence electrons. The Morgan fingerprint density at radius 1 is 0.906 bits per heavy atom. The number of anilines is 1. The second-order valence-corrected chi connectivity index (χ2v) is 14.9. The Kier molecular flexibility index (Phi) is 15.3. The number of sulfone groups is 1. The maximum Gasteiger partial charge on any atom is 1.00 e. The summed E-state index contributed by atoms with van der Waals surface area (Å²) in [4.78, 5) is 11.1. The molecule has 1 unspecified atom stereocenters. The largest absolute Gasteiger partial charge is 1.00 e. The van der Waals surface area contributed by atoms with Crippen LogP contribution in [0.25, 0.3) is 10.8 Å². The number of azo groups is 2. The number of methoxy groups -OCH3 is 1. The van der Waals surface area contributed by atoms with E-state index in [0.717, 1.165) is 42.5 Å². The number of hydrogen-bond acceptors (Lipinski definition) is 17. The SMILES string of the molecule is C=CS(=O)(=O)c1cc(O)c(N=Nc2c(S(=O)(=O)[O-])cc3ccc(N=NC4C(=O)N(c5cccc(S(=O)(=O)[O-])c5)N=C4C)cc3c2O)cc1OC.[Cu].[Na+].[Na+]. The number of hydrogen-bond donors (Lipinski definition) is 2. The third-order valence-electron chi connectivity index (χ3n) is 7.09. The van der Waals surface area contributed by atoms with Gasteiger partial charge in [0.05, 0.1) is 34.0 Å². The monoisotopic (exact) mass is 851 g/mol. The second kappa shape index (κ2) is 17.6. The molecule has 53 heavy (non-hydrogen) atoms. The van der Waals surface area contributed by atoms with Gasteiger partial charge in [0.2, 0.25) is 9.84 Å². The van der Waals surface area contributed by atoms with Gasteiger partial charge in [0, 0.05) is 40.0 Å². The molecule has 0 saturated carbocycles. The molecule has 0 saturated heterocycles. The average Bonchev–Trinajstić information content (AvgIpc) is 3.35. The molecule has 0 aromatic heterocycles. The smallest absolute Gasteiger partial charge is 0.744 e. The minimum atomic E-state index is -5.28. The first kappa shape index (κ1) is 46.1. The Balaban J connectivity index is 0.00000324. The van der Waals surface area contributed by atoms with E-state index in [2.05, 4.69) is 32.1 Å². The quantitative estimate of drug-likeness (QED) is 0.102. The van der Waals surface area contributed by atoms with E-state index in [1.807, 2.05) is 0 Å². The summed E-state index contributed by atoms with van der Waals surface area (Å²) >= 11 is 0. The van der Waals surface area contributed by atoms with Crippen LogP contribution in [0.1, 0.15) is 6.92 Å². The van der Waals surface area contributed by atoms with Crippen molar-refractivity contribution in [3.05, 3.63) is 72.7 Å². The number of carbonyl (C=O) groups excluding carboxylic acids is 1. The number of fused-ring (bicyclic) bond motifs is 1. The van der Waals surface area contributed by atoms with Crippen LogP contribution in [-0.2, 0) is 51.9 Å². The normalized spacial score (nSPS) is 14.8. The van der Waals surface area contributed by atoms with Crippen LogP contribution >= 0.6 is 0 Å². The van der Waals surface area contributed by atoms with Crippen molar-refractivity contribution < 1.29 is 130 Å². The van der Waals surface area contributed by atoms with Gasteiger partial charge >= 0.3 is 59.1 Å². The van der Waals surface area contributed by atoms with Gasteiger partial charge in [-0.25, -0.2) is 25.3 Å². The maximum atomic E-state index is 13.1. The fourth-order valence-electron chi connectivity index (χ4n) is 4.64. The van der Waals surface area contributed by atoms with E-state index in [1.54, 1.807) is 0 Å². The number of phenols is 2. The molecule has 1 heterocycles. The Labute approximate surface area is 357 Å². The van der Waals surface area contributed by atoms with Crippen molar-refractivity contribution in [2.45, 2.75) is 27.7 Å². The number of hydrazone groups is 1. The summed E-state index contributed by atoms with van der Waals surface area (Å²) in [6, 6.07) is 9.95. The molecule has 5 rings (SSSR count). The van der Waals surface area contributed by atoms with Gasteiger partial charge in [-0.2, -0.15) is 20.3 Å². The van der Waals surface area contributed by atoms with Crippen LogP contribution in [0, 0.1) is 0 Å². The minimum absolute atomic E-state index is 0. The molecule has 24 heteroatoms. The van der Waals surface area contributed by atoms with Crippen molar-refractivity contribution >= 4 is 75.2 Å². The van der Waals surface area contributed by atoms with Gasteiger partial charge in [0.25, 0.3) is 5.91 Å². The molecular formula is C29H22CuN6Na2O12S3. The molecule has 1 radical (unpaired) electrons. The van der Waals surface area contributed by atoms with Crippen LogP contribution in [0.15, 0.2) is 113 Å². The van der Waals surface area contributed by atoms with Crippen LogP contribution in [0.5, 0.6) is 17.2 Å². The summed E-state index contributed by atoms with van der Waals surface area (Å²) in [5.41, 5.74) is -1.05. The number of ether oxygens (including phenoxy) is 1. The average molecular weight is 852 g/mol. The number of carbonyl (C=O) groups is 1. The predicted octanol–water partition coefficient (Wildman–Crippen LogP) is -1.72. The third kappa shape index (κ3) is 9.78. The Morgan fingerprint density at radius 3 is 2.19 bits per heavy atom. The topological polar surface area (TPSA) is 280 Å². The molecule has 1 atom stereocenters. The van der Waals surface area contributed by atoms with E-state index >= 15 is 0 Å². The van der Waals surface area contributed by atoms with Gasteiger partial charge in [0.1, 0.15) is 48.0 Å². The van der Waals surface area contributed by atoms with Crippen LogP contribution < -0.4 is 68.9 Å². The summed E-state index contributed by atoms with van der Waals surface area (Å²) in [7, 11) is -13.0. The third-order valence-corrected chi connectivity index (χ3v) is 10.1. The van der Waals surface area contributed by atoms with Crippen molar-refractivity contribution in [3.63, 3.8) is 0 Å². The summed E-state index contributed by atoms with van der Waals surface area (Å²) in [6.07, 6.45) is 0. The Hall–Kier alpha value is -3.09. The van der Waals surface area contributed by atoms with Gasteiger partial charge < -0.3 is 24.1 Å². The predicted molar refractivity (Wildman–Crippen MR) is 173 cm³/mol. The number of phenolic OH excluding ortho intramolecular Hbond substituents is 2. The minimum Gasteiger partial charge on any atom is -0.744 e. The number of amides is 1. The van der Waals surface area contributed by atoms with Crippen molar-refractivity contribution in [2.24, 2.45) is 25.6 Å². The molecule has 0 aliphatic carbocycles. The molecule has 1 amide bonds. The fraction of sp³-hybridized carbons (Fsp3) is 0.103. The Bertz CT molecular complexity index is 2550. The first-order valence-corrected chi connectivity index (χ1v) is 18.0. The first-order valence-electron chi connectivity index (χ1n) is 13.7. The molecule has 1 aliphatic heterocycles. The molecule has 4 aromatic rings. The zero-order valence-corrected chi connectivity index (χ0v) is 35.2. The maximum absolute atomic E-state index is 13.1. The van der Waals surface area contributed by atoms with Gasteiger partial charge in [-0.05, 0) is 48.7 Å². The molecule has 0 spiro atoms. The number of nitrogens with zero attached hydrogens (tertiary/aromatic N) is 6. The second-order valence-electron chi connectivity index (χ2n) is 10.3. The van der Waals surface area contributed by atoms with Crippen LogP contribution in [0.4, 0.5) is 22.7 Å². The molecule has 4 aromatic carbocycles. The zero-order chi connectivity index (χ0) is 36.8. The molecular weight excluding hydrogens is 830 g/mol. The Morgan fingerprint density at radius 2 is 1.58 bits per heavy atom. The summed E-state index contributed by atoms with van der Waals surface area (Å²) in [5, 5.41) is 42.5. The van der Waals surface area contributed by atoms with E-state index in [4.69, 9.17) is 4.74 Å². The summed E-state index contributed by atoms with van der Waals surface area (Å²) < 4.78 is 100. The van der Waals surface area contributed by atoms with Crippen molar-refractivity contribution in [3.8, 4) is 17.2 Å². The van der Waals surface area contributed by atoms with Crippen molar-refractivity contribution in [1.82, 2.24) is 0 Å². The summed E-state index contributed by atoms with van der Waals surface area (Å²) in [5.74, 6) is -2.58. The molecule has 0 fully saturated rings. The van der Waals surface area contributed by atoms with Gasteiger partial charge in [-0.1, -0.05) is 18.7 Å². The molecule has 0 bridgehead atoms. The van der Waals surface area contributed by atoms with Crippen LogP contribution in [-0.4, -0.2) is 69.3 Å². The van der Waals surface area contributed by atoms with E-state index in [0.29, 0.717) is 5.41 Å². The number of aromatic hydroxyl groups is 2. The molecule has 18 nitrogen and oxygen atoms in total. The van der Waals surface area contributed by atoms with E-state index in [9.17, 15) is 49.4 Å². The standard InChI is InChI=1S/C29H24N6O12S3.Cu.2Na/c1-4-48(39,40)24-14-22(36)21(13-23(24)47-3)31-33-27-25(50(44,45)46)10-16-8-9-17(11-20(16)28(27)37)30-32-26-15(2)34-35(29(26)38)18-6-5-7-19(12-18)49(41,42)43;;;/h4-14,26,36-37H,1H2,2-3H3,(H,41,42,43)(H,44,45,46);;;/q;;2*+1/p-2. The van der Waals surface area contributed by atoms with Crippen LogP contribution in [0.2, 0.25) is 0 Å². The fourth-order valence-corrected chi connectivity index (χ4v) is 6.68. The van der Waals surface area contributed by atoms with Gasteiger partial charge in [-0.3, -0.25) is 4.79 Å². The number of rotatable bonds is 10. The van der Waals surface area contributed by atoms with Crippen molar-refractivity contribution in [2.75, 3.05) is 12.1 Å².